The largest absolute Gasteiger partial charge is 0.508 e. The van der Waals surface area contributed by atoms with E-state index in [1.807, 2.05) is 0 Å². The standard InChI is InChI=1S/C17H13N3O4/c1-10(19-20-16(22)11-4-6-18-7-5-11)14-8-12-2-3-13(21)9-15(12)24-17(14)23/h2-9,21H,1H3,(H,20,22)/b19-10-. The van der Waals surface area contributed by atoms with Crippen LogP contribution >= 0.6 is 0 Å². The van der Waals surface area contributed by atoms with Crippen molar-refractivity contribution in [2.45, 2.75) is 6.92 Å². The van der Waals surface area contributed by atoms with E-state index in [1.165, 1.54) is 24.5 Å². The van der Waals surface area contributed by atoms with Gasteiger partial charge in [-0.15, -0.1) is 0 Å². The molecule has 0 aliphatic heterocycles. The number of nitrogens with one attached hydrogen (secondary N) is 1. The van der Waals surface area contributed by atoms with Crippen molar-refractivity contribution in [2.75, 3.05) is 0 Å². The van der Waals surface area contributed by atoms with Crippen molar-refractivity contribution >= 4 is 22.6 Å². The molecule has 0 saturated heterocycles. The highest BCUT2D eigenvalue weighted by atomic mass is 16.4. The van der Waals surface area contributed by atoms with Crippen LogP contribution in [0.4, 0.5) is 0 Å². The number of carbonyl (C=O) groups excluding carboxylic acids is 1. The monoisotopic (exact) mass is 323 g/mol. The molecular formula is C17H13N3O4. The van der Waals surface area contributed by atoms with E-state index in [4.69, 9.17) is 4.42 Å². The van der Waals surface area contributed by atoms with Gasteiger partial charge in [0.1, 0.15) is 11.3 Å². The minimum atomic E-state index is -0.604. The molecule has 7 nitrogen and oxygen atoms in total. The molecule has 24 heavy (non-hydrogen) atoms. The lowest BCUT2D eigenvalue weighted by Crippen LogP contribution is -2.21. The number of hydrazone groups is 1. The maximum atomic E-state index is 12.1. The zero-order chi connectivity index (χ0) is 17.1. The first-order valence-corrected chi connectivity index (χ1v) is 7.06. The molecule has 2 N–H and O–H groups in total. The first kappa shape index (κ1) is 15.4. The van der Waals surface area contributed by atoms with Crippen LogP contribution in [0.2, 0.25) is 0 Å². The Morgan fingerprint density at radius 1 is 1.21 bits per heavy atom. The van der Waals surface area contributed by atoms with Gasteiger partial charge in [0, 0.05) is 29.4 Å². The maximum absolute atomic E-state index is 12.1. The van der Waals surface area contributed by atoms with Gasteiger partial charge < -0.3 is 9.52 Å². The van der Waals surface area contributed by atoms with Crippen molar-refractivity contribution in [3.63, 3.8) is 0 Å². The fourth-order valence-corrected chi connectivity index (χ4v) is 2.11. The van der Waals surface area contributed by atoms with Crippen LogP contribution < -0.4 is 11.1 Å². The lowest BCUT2D eigenvalue weighted by atomic mass is 10.1. The van der Waals surface area contributed by atoms with Gasteiger partial charge in [0.05, 0.1) is 11.3 Å². The fraction of sp³-hybridized carbons (Fsp3) is 0.0588. The lowest BCUT2D eigenvalue weighted by molar-refractivity contribution is 0.0954. The SMILES string of the molecule is C/C(=N/NC(=O)c1ccncc1)c1cc2ccc(O)cc2oc1=O. The van der Waals surface area contributed by atoms with Gasteiger partial charge in [-0.1, -0.05) is 0 Å². The second-order valence-corrected chi connectivity index (χ2v) is 5.04. The second kappa shape index (κ2) is 6.33. The van der Waals surface area contributed by atoms with E-state index < -0.39 is 11.5 Å². The fourth-order valence-electron chi connectivity index (χ4n) is 2.11. The van der Waals surface area contributed by atoms with Crippen LogP contribution in [0.5, 0.6) is 5.75 Å². The minimum Gasteiger partial charge on any atom is -0.508 e. The Balaban J connectivity index is 1.89. The number of hydrogen-bond acceptors (Lipinski definition) is 6. The highest BCUT2D eigenvalue weighted by Crippen LogP contribution is 2.19. The number of phenols is 1. The maximum Gasteiger partial charge on any atom is 0.345 e. The summed E-state index contributed by atoms with van der Waals surface area (Å²) in [6, 6.07) is 9.17. The van der Waals surface area contributed by atoms with Gasteiger partial charge in [-0.05, 0) is 37.3 Å². The predicted octanol–water partition coefficient (Wildman–Crippen LogP) is 2.05. The number of nitrogens with zero attached hydrogens (tertiary/aromatic N) is 2. The van der Waals surface area contributed by atoms with Crippen molar-refractivity contribution in [3.8, 4) is 5.75 Å². The quantitative estimate of drug-likeness (QED) is 0.436. The van der Waals surface area contributed by atoms with E-state index in [1.54, 1.807) is 31.2 Å². The van der Waals surface area contributed by atoms with Crippen LogP contribution in [-0.2, 0) is 0 Å². The van der Waals surface area contributed by atoms with Gasteiger partial charge in [-0.25, -0.2) is 10.2 Å². The third-order valence-electron chi connectivity index (χ3n) is 3.38. The predicted molar refractivity (Wildman–Crippen MR) is 88.1 cm³/mol. The van der Waals surface area contributed by atoms with E-state index >= 15 is 0 Å². The molecule has 2 heterocycles. The molecule has 0 bridgehead atoms. The van der Waals surface area contributed by atoms with Crippen molar-refractivity contribution in [1.29, 1.82) is 0 Å². The first-order chi connectivity index (χ1) is 11.5. The van der Waals surface area contributed by atoms with Crippen molar-refractivity contribution in [1.82, 2.24) is 10.4 Å². The number of hydrogen-bond donors (Lipinski definition) is 2. The molecule has 120 valence electrons. The molecular weight excluding hydrogens is 310 g/mol. The van der Waals surface area contributed by atoms with E-state index in [9.17, 15) is 14.7 Å². The Labute approximate surface area is 136 Å². The summed E-state index contributed by atoms with van der Waals surface area (Å²) in [6.45, 7) is 1.59. The third kappa shape index (κ3) is 3.14. The smallest absolute Gasteiger partial charge is 0.345 e. The molecule has 1 aromatic carbocycles. The van der Waals surface area contributed by atoms with Gasteiger partial charge >= 0.3 is 5.63 Å². The molecule has 0 unspecified atom stereocenters. The van der Waals surface area contributed by atoms with E-state index in [-0.39, 0.29) is 16.9 Å². The van der Waals surface area contributed by atoms with Crippen LogP contribution in [0.1, 0.15) is 22.8 Å². The third-order valence-corrected chi connectivity index (χ3v) is 3.38. The van der Waals surface area contributed by atoms with E-state index in [2.05, 4.69) is 15.5 Å². The highest BCUT2D eigenvalue weighted by Gasteiger charge is 2.10. The molecule has 1 amide bonds. The summed E-state index contributed by atoms with van der Waals surface area (Å²) in [7, 11) is 0. The number of fused-ring (bicyclic) bond motifs is 1. The molecule has 7 heteroatoms. The van der Waals surface area contributed by atoms with Crippen molar-refractivity contribution < 1.29 is 14.3 Å². The Morgan fingerprint density at radius 2 is 1.96 bits per heavy atom. The summed E-state index contributed by atoms with van der Waals surface area (Å²) in [4.78, 5) is 27.8. The normalized spacial score (nSPS) is 11.5. The van der Waals surface area contributed by atoms with Crippen molar-refractivity contribution in [3.05, 3.63) is 70.3 Å². The summed E-state index contributed by atoms with van der Waals surface area (Å²) in [6.07, 6.45) is 3.00. The van der Waals surface area contributed by atoms with E-state index in [0.29, 0.717) is 16.7 Å². The number of phenolic OH excluding ortho intramolecular Hbond substituents is 1. The Bertz CT molecular complexity index is 994. The Morgan fingerprint density at radius 3 is 2.71 bits per heavy atom. The van der Waals surface area contributed by atoms with Crippen LogP contribution in [0.25, 0.3) is 11.0 Å². The van der Waals surface area contributed by atoms with Gasteiger partial charge in [-0.3, -0.25) is 9.78 Å². The summed E-state index contributed by atoms with van der Waals surface area (Å²) in [5.74, 6) is -0.403. The number of pyridine rings is 1. The number of aromatic hydroxyl groups is 1. The molecule has 3 rings (SSSR count). The van der Waals surface area contributed by atoms with Crippen LogP contribution in [0.15, 0.2) is 63.1 Å². The average Bonchev–Trinajstić information content (AvgIpc) is 2.59. The Hall–Kier alpha value is -3.48. The summed E-state index contributed by atoms with van der Waals surface area (Å²) >= 11 is 0. The zero-order valence-corrected chi connectivity index (χ0v) is 12.7. The Kier molecular flexibility index (Phi) is 4.07. The lowest BCUT2D eigenvalue weighted by Gasteiger charge is -2.04. The number of carbonyl (C=O) groups is 1. The molecule has 2 aromatic heterocycles. The molecule has 0 spiro atoms. The molecule has 0 aliphatic carbocycles. The number of aromatic nitrogens is 1. The molecule has 3 aromatic rings. The summed E-state index contributed by atoms with van der Waals surface area (Å²) in [5.41, 5.74) is 2.99. The second-order valence-electron chi connectivity index (χ2n) is 5.04. The first-order valence-electron chi connectivity index (χ1n) is 7.06. The topological polar surface area (TPSA) is 105 Å². The number of amides is 1. The van der Waals surface area contributed by atoms with Gasteiger partial charge in [0.15, 0.2) is 0 Å². The minimum absolute atomic E-state index is 0.00778. The van der Waals surface area contributed by atoms with Crippen molar-refractivity contribution in [2.24, 2.45) is 5.10 Å². The average molecular weight is 323 g/mol. The van der Waals surface area contributed by atoms with Crippen LogP contribution in [-0.4, -0.2) is 21.7 Å². The van der Waals surface area contributed by atoms with Gasteiger partial charge in [0.25, 0.3) is 5.91 Å². The van der Waals surface area contributed by atoms with E-state index in [0.717, 1.165) is 0 Å². The van der Waals surface area contributed by atoms with Gasteiger partial charge in [0.2, 0.25) is 0 Å². The van der Waals surface area contributed by atoms with Crippen LogP contribution in [0, 0.1) is 0 Å². The summed E-state index contributed by atoms with van der Waals surface area (Å²) in [5, 5.41) is 14.0. The number of rotatable bonds is 3. The molecule has 0 atom stereocenters. The molecule has 0 fully saturated rings. The number of benzene rings is 1. The molecule has 0 radical (unpaired) electrons. The van der Waals surface area contributed by atoms with Crippen LogP contribution in [0.3, 0.4) is 0 Å². The van der Waals surface area contributed by atoms with Gasteiger partial charge in [-0.2, -0.15) is 5.10 Å². The highest BCUT2D eigenvalue weighted by molar-refractivity contribution is 6.02. The summed E-state index contributed by atoms with van der Waals surface area (Å²) < 4.78 is 5.17. The molecule has 0 saturated carbocycles. The zero-order valence-electron chi connectivity index (χ0n) is 12.7. The molecule has 0 aliphatic rings.